The Morgan fingerprint density at radius 2 is 2.06 bits per heavy atom. The maximum atomic E-state index is 13.7. The number of piperidine rings is 1. The number of anilines is 2. The number of aromatic amines is 1. The minimum Gasteiger partial charge on any atom is -0.408 e. The molecule has 8 nitrogen and oxygen atoms in total. The molecule has 0 radical (unpaired) electrons. The van der Waals surface area contributed by atoms with Crippen LogP contribution in [0, 0.1) is 19.7 Å². The average Bonchev–Trinajstić information content (AvgIpc) is 3.30. The van der Waals surface area contributed by atoms with E-state index in [0.717, 1.165) is 31.6 Å². The van der Waals surface area contributed by atoms with Crippen LogP contribution in [-0.2, 0) is 4.79 Å². The molecule has 0 bridgehead atoms. The Bertz CT molecular complexity index is 1310. The number of benzene rings is 1. The van der Waals surface area contributed by atoms with Crippen molar-refractivity contribution in [1.82, 2.24) is 15.3 Å². The third-order valence-corrected chi connectivity index (χ3v) is 6.48. The maximum absolute atomic E-state index is 13.7. The highest BCUT2D eigenvalue weighted by Crippen LogP contribution is 2.35. The summed E-state index contributed by atoms with van der Waals surface area (Å²) >= 11 is 0. The molecule has 0 spiro atoms. The normalized spacial score (nSPS) is 16.8. The van der Waals surface area contributed by atoms with Crippen LogP contribution in [-0.4, -0.2) is 41.1 Å². The number of rotatable bonds is 4. The topological polar surface area (TPSA) is 99.3 Å². The number of aromatic nitrogens is 2. The minimum absolute atomic E-state index is 0.0187. The number of nitrogens with zero attached hydrogens (tertiary/aromatic N) is 2. The molecule has 4 heterocycles. The molecule has 2 aliphatic rings. The molecule has 9 heteroatoms. The zero-order chi connectivity index (χ0) is 24.5. The molecule has 0 saturated carbocycles. The van der Waals surface area contributed by atoms with E-state index in [-0.39, 0.29) is 11.9 Å². The van der Waals surface area contributed by atoms with Crippen LogP contribution in [0.25, 0.3) is 11.6 Å². The van der Waals surface area contributed by atoms with Crippen LogP contribution in [0.4, 0.5) is 20.6 Å². The van der Waals surface area contributed by atoms with E-state index >= 15 is 0 Å². The van der Waals surface area contributed by atoms with Gasteiger partial charge in [0.15, 0.2) is 5.75 Å². The number of amides is 2. The summed E-state index contributed by atoms with van der Waals surface area (Å²) < 4.78 is 19.4. The third kappa shape index (κ3) is 4.62. The van der Waals surface area contributed by atoms with Crippen LogP contribution in [0.3, 0.4) is 0 Å². The van der Waals surface area contributed by atoms with E-state index in [0.29, 0.717) is 39.5 Å². The van der Waals surface area contributed by atoms with Crippen LogP contribution in [0.2, 0.25) is 0 Å². The van der Waals surface area contributed by atoms with E-state index in [2.05, 4.69) is 25.5 Å². The molecule has 5 rings (SSSR count). The summed E-state index contributed by atoms with van der Waals surface area (Å²) in [5.74, 6) is -0.312. The SMILES string of the molecule is Cc1[nH]c(/C=C2\C(=O)Nc3ccc(F)cc32)c(C)c1OC(=O)NC1CCN(c2cccnc2)CC1. The van der Waals surface area contributed by atoms with Gasteiger partial charge in [0.05, 0.1) is 23.2 Å². The van der Waals surface area contributed by atoms with Crippen molar-refractivity contribution in [1.29, 1.82) is 0 Å². The molecule has 0 aliphatic carbocycles. The average molecular weight is 476 g/mol. The highest BCUT2D eigenvalue weighted by Gasteiger charge is 2.26. The molecular formula is C26H26FN5O3. The monoisotopic (exact) mass is 475 g/mol. The first-order valence-corrected chi connectivity index (χ1v) is 11.5. The summed E-state index contributed by atoms with van der Waals surface area (Å²) in [6.07, 6.45) is 6.34. The van der Waals surface area contributed by atoms with Crippen LogP contribution >= 0.6 is 0 Å². The van der Waals surface area contributed by atoms with E-state index in [1.807, 2.05) is 25.3 Å². The second-order valence-corrected chi connectivity index (χ2v) is 8.83. The number of H-pyrrole nitrogens is 1. The minimum atomic E-state index is -0.514. The van der Waals surface area contributed by atoms with Gasteiger partial charge in [0.25, 0.3) is 5.91 Å². The van der Waals surface area contributed by atoms with Gasteiger partial charge in [0.2, 0.25) is 0 Å². The van der Waals surface area contributed by atoms with Gasteiger partial charge in [-0.3, -0.25) is 9.78 Å². The van der Waals surface area contributed by atoms with Gasteiger partial charge in [0, 0.05) is 47.8 Å². The predicted molar refractivity (Wildman–Crippen MR) is 132 cm³/mol. The molecule has 0 atom stereocenters. The lowest BCUT2D eigenvalue weighted by Gasteiger charge is -2.33. The zero-order valence-corrected chi connectivity index (χ0v) is 19.5. The number of fused-ring (bicyclic) bond motifs is 1. The van der Waals surface area contributed by atoms with Crippen molar-refractivity contribution in [2.45, 2.75) is 32.7 Å². The fraction of sp³-hybridized carbons (Fsp3) is 0.269. The molecule has 1 saturated heterocycles. The quantitative estimate of drug-likeness (QED) is 0.486. The smallest absolute Gasteiger partial charge is 0.408 e. The van der Waals surface area contributed by atoms with Gasteiger partial charge in [-0.15, -0.1) is 0 Å². The number of nitrogens with one attached hydrogen (secondary N) is 3. The molecule has 35 heavy (non-hydrogen) atoms. The van der Waals surface area contributed by atoms with Crippen molar-refractivity contribution in [2.24, 2.45) is 0 Å². The molecule has 1 aromatic carbocycles. The van der Waals surface area contributed by atoms with Gasteiger partial charge < -0.3 is 25.3 Å². The van der Waals surface area contributed by atoms with E-state index in [1.54, 1.807) is 19.2 Å². The van der Waals surface area contributed by atoms with Crippen molar-refractivity contribution < 1.29 is 18.7 Å². The summed E-state index contributed by atoms with van der Waals surface area (Å²) in [6, 6.07) is 8.14. The van der Waals surface area contributed by atoms with Crippen LogP contribution in [0.1, 0.15) is 35.4 Å². The molecule has 2 aliphatic heterocycles. The first-order valence-electron chi connectivity index (χ1n) is 11.5. The lowest BCUT2D eigenvalue weighted by atomic mass is 10.0. The lowest BCUT2D eigenvalue weighted by Crippen LogP contribution is -2.45. The molecule has 3 N–H and O–H groups in total. The number of hydrogen-bond acceptors (Lipinski definition) is 5. The van der Waals surface area contributed by atoms with Crippen LogP contribution in [0.15, 0.2) is 42.7 Å². The van der Waals surface area contributed by atoms with Gasteiger partial charge in [0.1, 0.15) is 5.82 Å². The molecule has 1 fully saturated rings. The third-order valence-electron chi connectivity index (χ3n) is 6.48. The van der Waals surface area contributed by atoms with Gasteiger partial charge in [-0.2, -0.15) is 0 Å². The first kappa shape index (κ1) is 22.6. The Morgan fingerprint density at radius 3 is 2.80 bits per heavy atom. The first-order chi connectivity index (χ1) is 16.9. The molecule has 2 aromatic heterocycles. The van der Waals surface area contributed by atoms with Gasteiger partial charge in [-0.25, -0.2) is 9.18 Å². The number of aryl methyl sites for hydroxylation is 1. The molecule has 0 unspecified atom stereocenters. The highest BCUT2D eigenvalue weighted by atomic mass is 19.1. The second-order valence-electron chi connectivity index (χ2n) is 8.83. The number of carbonyl (C=O) groups is 2. The van der Waals surface area contributed by atoms with E-state index in [1.165, 1.54) is 18.2 Å². The number of ether oxygens (including phenoxy) is 1. The number of halogens is 1. The van der Waals surface area contributed by atoms with E-state index < -0.39 is 11.9 Å². The maximum Gasteiger partial charge on any atom is 0.412 e. The number of pyridine rings is 1. The zero-order valence-electron chi connectivity index (χ0n) is 19.5. The van der Waals surface area contributed by atoms with Crippen LogP contribution in [0.5, 0.6) is 5.75 Å². The standard InChI is InChI=1S/C26H26FN5O3/c1-15-23(13-21-20-12-17(27)5-6-22(20)31-25(21)33)29-16(2)24(15)35-26(34)30-18-7-10-32(11-8-18)19-4-3-9-28-14-19/h3-6,9,12-14,18,29H,7-8,10-11H2,1-2H3,(H,30,34)(H,31,33)/b21-13-. The summed E-state index contributed by atoms with van der Waals surface area (Å²) in [4.78, 5) is 34.7. The fourth-order valence-electron chi connectivity index (χ4n) is 4.61. The molecule has 2 amide bonds. The van der Waals surface area contributed by atoms with Gasteiger partial charge in [-0.05, 0) is 63.1 Å². The highest BCUT2D eigenvalue weighted by molar-refractivity contribution is 6.34. The van der Waals surface area contributed by atoms with Crippen molar-refractivity contribution in [3.8, 4) is 5.75 Å². The Balaban J connectivity index is 1.25. The summed E-state index contributed by atoms with van der Waals surface area (Å²) in [7, 11) is 0. The summed E-state index contributed by atoms with van der Waals surface area (Å²) in [5.41, 5.74) is 4.46. The fourth-order valence-corrected chi connectivity index (χ4v) is 4.61. The van der Waals surface area contributed by atoms with Crippen molar-refractivity contribution in [3.05, 3.63) is 71.1 Å². The molecule has 3 aromatic rings. The summed E-state index contributed by atoms with van der Waals surface area (Å²) in [5, 5.41) is 5.70. The van der Waals surface area contributed by atoms with Gasteiger partial charge >= 0.3 is 6.09 Å². The Labute approximate surface area is 202 Å². The number of carbonyl (C=O) groups excluding carboxylic acids is 2. The number of hydrogen-bond donors (Lipinski definition) is 3. The van der Waals surface area contributed by atoms with Gasteiger partial charge in [-0.1, -0.05) is 0 Å². The van der Waals surface area contributed by atoms with Crippen molar-refractivity contribution >= 4 is 35.0 Å². The van der Waals surface area contributed by atoms with Crippen molar-refractivity contribution in [3.63, 3.8) is 0 Å². The predicted octanol–water partition coefficient (Wildman–Crippen LogP) is 4.42. The lowest BCUT2D eigenvalue weighted by molar-refractivity contribution is -0.110. The van der Waals surface area contributed by atoms with E-state index in [4.69, 9.17) is 4.74 Å². The molecule has 180 valence electrons. The Morgan fingerprint density at radius 1 is 1.26 bits per heavy atom. The Kier molecular flexibility index (Phi) is 5.98. The second kappa shape index (κ2) is 9.25. The summed E-state index contributed by atoms with van der Waals surface area (Å²) in [6.45, 7) is 5.25. The van der Waals surface area contributed by atoms with Crippen molar-refractivity contribution in [2.75, 3.05) is 23.3 Å². The largest absolute Gasteiger partial charge is 0.412 e. The van der Waals surface area contributed by atoms with E-state index in [9.17, 15) is 14.0 Å². The Hall–Kier alpha value is -4.14. The van der Waals surface area contributed by atoms with Crippen LogP contribution < -0.4 is 20.3 Å². The molecular weight excluding hydrogens is 449 g/mol.